The van der Waals surface area contributed by atoms with Gasteiger partial charge in [-0.1, -0.05) is 30.3 Å². The van der Waals surface area contributed by atoms with Crippen molar-refractivity contribution in [2.75, 3.05) is 13.1 Å². The first-order chi connectivity index (χ1) is 11.0. The number of ketones is 1. The van der Waals surface area contributed by atoms with Gasteiger partial charge in [0.25, 0.3) is 0 Å². The molecular formula is C21H25NO. The lowest BCUT2D eigenvalue weighted by Gasteiger charge is -2.28. The van der Waals surface area contributed by atoms with Crippen LogP contribution in [0.15, 0.2) is 30.3 Å². The average molecular weight is 307 g/mol. The second-order valence-electron chi connectivity index (χ2n) is 6.79. The van der Waals surface area contributed by atoms with Crippen molar-refractivity contribution in [3.05, 3.63) is 69.3 Å². The molecule has 0 bridgehead atoms. The van der Waals surface area contributed by atoms with E-state index in [9.17, 15) is 4.79 Å². The zero-order valence-corrected chi connectivity index (χ0v) is 14.6. The van der Waals surface area contributed by atoms with E-state index in [0.717, 1.165) is 36.2 Å². The minimum atomic E-state index is 0.256. The van der Waals surface area contributed by atoms with Gasteiger partial charge in [0.1, 0.15) is 0 Å². The number of hydrogen-bond donors (Lipinski definition) is 0. The molecule has 0 N–H and O–H groups in total. The molecule has 23 heavy (non-hydrogen) atoms. The smallest absolute Gasteiger partial charge is 0.177 e. The first-order valence-corrected chi connectivity index (χ1v) is 8.37. The quantitative estimate of drug-likeness (QED) is 0.794. The molecule has 0 radical (unpaired) electrons. The van der Waals surface area contributed by atoms with Crippen molar-refractivity contribution in [2.24, 2.45) is 0 Å². The van der Waals surface area contributed by atoms with Crippen molar-refractivity contribution in [3.63, 3.8) is 0 Å². The molecule has 0 saturated heterocycles. The third-order valence-electron chi connectivity index (χ3n) is 5.22. The molecule has 2 heteroatoms. The number of benzene rings is 2. The first-order valence-electron chi connectivity index (χ1n) is 8.37. The summed E-state index contributed by atoms with van der Waals surface area (Å²) in [7, 11) is 0. The molecule has 1 heterocycles. The van der Waals surface area contributed by atoms with Gasteiger partial charge in [-0.15, -0.1) is 0 Å². The van der Waals surface area contributed by atoms with Crippen molar-refractivity contribution >= 4 is 5.78 Å². The molecule has 0 aromatic heterocycles. The molecule has 2 aromatic carbocycles. The van der Waals surface area contributed by atoms with Crippen LogP contribution in [0.25, 0.3) is 0 Å². The minimum Gasteiger partial charge on any atom is -0.293 e. The lowest BCUT2D eigenvalue weighted by Crippen LogP contribution is -2.35. The molecule has 0 unspecified atom stereocenters. The first kappa shape index (κ1) is 15.9. The van der Waals surface area contributed by atoms with E-state index >= 15 is 0 Å². The number of carbonyl (C=O) groups excluding carboxylic acids is 1. The summed E-state index contributed by atoms with van der Waals surface area (Å²) in [6.45, 7) is 10.7. The second-order valence-corrected chi connectivity index (χ2v) is 6.79. The van der Waals surface area contributed by atoms with E-state index in [-0.39, 0.29) is 5.78 Å². The lowest BCUT2D eigenvalue weighted by atomic mass is 9.91. The predicted octanol–water partition coefficient (Wildman–Crippen LogP) is 4.16. The number of aryl methyl sites for hydroxylation is 2. The Morgan fingerprint density at radius 3 is 2.26 bits per heavy atom. The van der Waals surface area contributed by atoms with Crippen LogP contribution in [0.5, 0.6) is 0 Å². The van der Waals surface area contributed by atoms with E-state index in [1.807, 2.05) is 0 Å². The molecule has 0 amide bonds. The second kappa shape index (κ2) is 6.29. The van der Waals surface area contributed by atoms with E-state index in [2.05, 4.69) is 62.9 Å². The fourth-order valence-corrected chi connectivity index (χ4v) is 3.61. The van der Waals surface area contributed by atoms with Gasteiger partial charge >= 0.3 is 0 Å². The standard InChI is InChI=1S/C21H25NO/c1-14-11-15(2)17(4)21(16(14)3)20(23)13-22-10-9-18-7-5-6-8-19(18)12-22/h5-8,11H,9-10,12-13H2,1-4H3. The van der Waals surface area contributed by atoms with Crippen LogP contribution in [0.4, 0.5) is 0 Å². The number of fused-ring (bicyclic) bond motifs is 1. The van der Waals surface area contributed by atoms with Gasteiger partial charge in [0.15, 0.2) is 5.78 Å². The Bertz CT molecular complexity index is 734. The SMILES string of the molecule is Cc1cc(C)c(C)c(C(=O)CN2CCc3ccccc3C2)c1C. The van der Waals surface area contributed by atoms with Gasteiger partial charge in [0, 0.05) is 18.7 Å². The number of nitrogens with zero attached hydrogens (tertiary/aromatic N) is 1. The van der Waals surface area contributed by atoms with Crippen molar-refractivity contribution < 1.29 is 4.79 Å². The van der Waals surface area contributed by atoms with Crippen LogP contribution in [0.2, 0.25) is 0 Å². The van der Waals surface area contributed by atoms with Crippen LogP contribution >= 0.6 is 0 Å². The Morgan fingerprint density at radius 2 is 1.61 bits per heavy atom. The monoisotopic (exact) mass is 307 g/mol. The Morgan fingerprint density at radius 1 is 1.00 bits per heavy atom. The fourth-order valence-electron chi connectivity index (χ4n) is 3.61. The maximum absolute atomic E-state index is 12.9. The van der Waals surface area contributed by atoms with Crippen LogP contribution in [-0.4, -0.2) is 23.8 Å². The molecule has 1 aliphatic heterocycles. The van der Waals surface area contributed by atoms with Gasteiger partial charge in [-0.25, -0.2) is 0 Å². The normalized spacial score (nSPS) is 14.6. The molecule has 2 nitrogen and oxygen atoms in total. The molecule has 0 saturated carbocycles. The van der Waals surface area contributed by atoms with E-state index in [0.29, 0.717) is 6.54 Å². The Hall–Kier alpha value is -1.93. The van der Waals surface area contributed by atoms with Crippen LogP contribution in [-0.2, 0) is 13.0 Å². The predicted molar refractivity (Wildman–Crippen MR) is 95.1 cm³/mol. The van der Waals surface area contributed by atoms with Crippen LogP contribution in [0.1, 0.15) is 43.7 Å². The fraction of sp³-hybridized carbons (Fsp3) is 0.381. The van der Waals surface area contributed by atoms with Crippen LogP contribution in [0.3, 0.4) is 0 Å². The Labute approximate surface area is 139 Å². The maximum Gasteiger partial charge on any atom is 0.177 e. The third kappa shape index (κ3) is 3.09. The van der Waals surface area contributed by atoms with Crippen molar-refractivity contribution in [1.29, 1.82) is 0 Å². The van der Waals surface area contributed by atoms with Crippen molar-refractivity contribution in [3.8, 4) is 0 Å². The van der Waals surface area contributed by atoms with Crippen LogP contribution in [0, 0.1) is 27.7 Å². The van der Waals surface area contributed by atoms with E-state index in [1.165, 1.54) is 22.3 Å². The van der Waals surface area contributed by atoms with Gasteiger partial charge in [0.2, 0.25) is 0 Å². The Balaban J connectivity index is 1.81. The molecule has 120 valence electrons. The number of Topliss-reactive ketones (excluding diaryl/α,β-unsaturated/α-hetero) is 1. The largest absolute Gasteiger partial charge is 0.293 e. The summed E-state index contributed by atoms with van der Waals surface area (Å²) in [5.41, 5.74) is 8.41. The Kier molecular flexibility index (Phi) is 4.36. The summed E-state index contributed by atoms with van der Waals surface area (Å²) in [6.07, 6.45) is 1.04. The minimum absolute atomic E-state index is 0.256. The van der Waals surface area contributed by atoms with Crippen molar-refractivity contribution in [2.45, 2.75) is 40.7 Å². The topological polar surface area (TPSA) is 20.3 Å². The zero-order chi connectivity index (χ0) is 16.6. The third-order valence-corrected chi connectivity index (χ3v) is 5.22. The highest BCUT2D eigenvalue weighted by Gasteiger charge is 2.21. The maximum atomic E-state index is 12.9. The van der Waals surface area contributed by atoms with E-state index < -0.39 is 0 Å². The summed E-state index contributed by atoms with van der Waals surface area (Å²) in [5.74, 6) is 0.256. The van der Waals surface area contributed by atoms with E-state index in [4.69, 9.17) is 0 Å². The molecule has 0 fully saturated rings. The zero-order valence-electron chi connectivity index (χ0n) is 14.6. The molecule has 0 spiro atoms. The summed E-state index contributed by atoms with van der Waals surface area (Å²) < 4.78 is 0. The summed E-state index contributed by atoms with van der Waals surface area (Å²) in [4.78, 5) is 15.2. The van der Waals surface area contributed by atoms with E-state index in [1.54, 1.807) is 0 Å². The molecular weight excluding hydrogens is 282 g/mol. The molecule has 2 aromatic rings. The highest BCUT2D eigenvalue weighted by atomic mass is 16.1. The number of hydrogen-bond acceptors (Lipinski definition) is 2. The molecule has 1 aliphatic rings. The summed E-state index contributed by atoms with van der Waals surface area (Å²) in [5, 5.41) is 0. The van der Waals surface area contributed by atoms with Gasteiger partial charge in [-0.3, -0.25) is 9.69 Å². The summed E-state index contributed by atoms with van der Waals surface area (Å²) in [6, 6.07) is 10.7. The molecule has 0 atom stereocenters. The van der Waals surface area contributed by atoms with Crippen LogP contribution < -0.4 is 0 Å². The summed E-state index contributed by atoms with van der Waals surface area (Å²) >= 11 is 0. The van der Waals surface area contributed by atoms with Gasteiger partial charge in [-0.2, -0.15) is 0 Å². The number of carbonyl (C=O) groups is 1. The average Bonchev–Trinajstić information content (AvgIpc) is 2.53. The number of rotatable bonds is 3. The highest BCUT2D eigenvalue weighted by Crippen LogP contribution is 2.24. The lowest BCUT2D eigenvalue weighted by molar-refractivity contribution is 0.0920. The highest BCUT2D eigenvalue weighted by molar-refractivity contribution is 6.00. The van der Waals surface area contributed by atoms with Gasteiger partial charge in [0.05, 0.1) is 6.54 Å². The van der Waals surface area contributed by atoms with Gasteiger partial charge in [-0.05, 0) is 67.5 Å². The molecule has 3 rings (SSSR count). The van der Waals surface area contributed by atoms with Crippen molar-refractivity contribution in [1.82, 2.24) is 4.90 Å². The van der Waals surface area contributed by atoms with Gasteiger partial charge < -0.3 is 0 Å². The molecule has 0 aliphatic carbocycles.